The predicted octanol–water partition coefficient (Wildman–Crippen LogP) is 1.68. The number of carbonyl (C=O) groups excluding carboxylic acids is 2. The first-order chi connectivity index (χ1) is 13.8. The van der Waals surface area contributed by atoms with Gasteiger partial charge in [-0.2, -0.15) is 0 Å². The molecule has 2 N–H and O–H groups in total. The summed E-state index contributed by atoms with van der Waals surface area (Å²) in [6, 6.07) is 8.87. The fourth-order valence-electron chi connectivity index (χ4n) is 3.23. The smallest absolute Gasteiger partial charge is 0.287 e. The lowest BCUT2D eigenvalue weighted by Gasteiger charge is -2.33. The number of piperidine rings is 1. The molecule has 29 heavy (non-hydrogen) atoms. The number of sulfonamides is 1. The van der Waals surface area contributed by atoms with E-state index in [4.69, 9.17) is 4.42 Å². The van der Waals surface area contributed by atoms with Gasteiger partial charge in [-0.3, -0.25) is 9.59 Å². The molecule has 2 amide bonds. The molecule has 0 bridgehead atoms. The molecule has 3 rings (SSSR count). The van der Waals surface area contributed by atoms with Crippen molar-refractivity contribution in [2.24, 2.45) is 0 Å². The summed E-state index contributed by atoms with van der Waals surface area (Å²) in [6.07, 6.45) is 2.41. The van der Waals surface area contributed by atoms with E-state index in [9.17, 15) is 18.0 Å². The van der Waals surface area contributed by atoms with Crippen LogP contribution in [0.15, 0.2) is 52.0 Å². The quantitative estimate of drug-likeness (QED) is 0.740. The molecule has 1 unspecified atom stereocenters. The molecule has 1 aliphatic heterocycles. The Balaban J connectivity index is 1.51. The van der Waals surface area contributed by atoms with Crippen molar-refractivity contribution in [3.63, 3.8) is 0 Å². The van der Waals surface area contributed by atoms with Crippen molar-refractivity contribution in [3.05, 3.63) is 54.0 Å². The van der Waals surface area contributed by atoms with Crippen LogP contribution >= 0.6 is 0 Å². The van der Waals surface area contributed by atoms with Crippen molar-refractivity contribution in [1.29, 1.82) is 0 Å². The van der Waals surface area contributed by atoms with E-state index in [-0.39, 0.29) is 22.6 Å². The van der Waals surface area contributed by atoms with Crippen LogP contribution in [0.25, 0.3) is 0 Å². The molecule has 9 heteroatoms. The number of aryl methyl sites for hydroxylation is 1. The molecule has 1 fully saturated rings. The molecule has 8 nitrogen and oxygen atoms in total. The standard InChI is InChI=1S/C20H25N3O5S/c1-14-5-7-17(8-6-14)29(26,27)22-16-9-11-23(12-10-16)20(25)15(2)21-19(24)18-4-3-13-28-18/h3-8,13,15-16,22H,9-12H2,1-2H3,(H,21,24). The number of nitrogens with one attached hydrogen (secondary N) is 2. The Morgan fingerprint density at radius 2 is 1.79 bits per heavy atom. The molecule has 1 aliphatic rings. The summed E-state index contributed by atoms with van der Waals surface area (Å²) < 4.78 is 32.8. The van der Waals surface area contributed by atoms with Crippen LogP contribution in [0.1, 0.15) is 35.9 Å². The molecule has 1 aromatic carbocycles. The lowest BCUT2D eigenvalue weighted by molar-refractivity contribution is -0.133. The zero-order valence-electron chi connectivity index (χ0n) is 16.4. The Kier molecular flexibility index (Phi) is 6.39. The second-order valence-corrected chi connectivity index (χ2v) is 8.92. The van der Waals surface area contributed by atoms with Gasteiger partial charge in [-0.05, 0) is 51.0 Å². The number of rotatable bonds is 6. The average Bonchev–Trinajstić information content (AvgIpc) is 3.23. The van der Waals surface area contributed by atoms with Crippen LogP contribution in [0.2, 0.25) is 0 Å². The summed E-state index contributed by atoms with van der Waals surface area (Å²) in [5.74, 6) is -0.504. The van der Waals surface area contributed by atoms with E-state index in [1.54, 1.807) is 42.2 Å². The molecular weight excluding hydrogens is 394 g/mol. The minimum atomic E-state index is -3.59. The molecule has 0 saturated carbocycles. The van der Waals surface area contributed by atoms with Crippen molar-refractivity contribution in [2.45, 2.75) is 43.7 Å². The molecule has 0 aliphatic carbocycles. The fourth-order valence-corrected chi connectivity index (χ4v) is 4.54. The lowest BCUT2D eigenvalue weighted by Crippen LogP contribution is -2.52. The topological polar surface area (TPSA) is 109 Å². The zero-order valence-corrected chi connectivity index (χ0v) is 17.2. The minimum Gasteiger partial charge on any atom is -0.459 e. The van der Waals surface area contributed by atoms with Gasteiger partial charge in [0, 0.05) is 19.1 Å². The number of nitrogens with zero attached hydrogens (tertiary/aromatic N) is 1. The van der Waals surface area contributed by atoms with Crippen LogP contribution in [0.4, 0.5) is 0 Å². The highest BCUT2D eigenvalue weighted by atomic mass is 32.2. The van der Waals surface area contributed by atoms with Crippen LogP contribution in [0.5, 0.6) is 0 Å². The molecule has 2 heterocycles. The van der Waals surface area contributed by atoms with E-state index in [2.05, 4.69) is 10.0 Å². The summed E-state index contributed by atoms with van der Waals surface area (Å²) >= 11 is 0. The van der Waals surface area contributed by atoms with Crippen LogP contribution in [-0.4, -0.2) is 50.3 Å². The molecule has 156 valence electrons. The van der Waals surface area contributed by atoms with E-state index in [1.807, 2.05) is 6.92 Å². The maximum atomic E-state index is 12.6. The molecule has 0 radical (unpaired) electrons. The Morgan fingerprint density at radius 3 is 2.38 bits per heavy atom. The van der Waals surface area contributed by atoms with Gasteiger partial charge in [0.2, 0.25) is 15.9 Å². The van der Waals surface area contributed by atoms with Gasteiger partial charge in [-0.1, -0.05) is 17.7 Å². The number of amides is 2. The van der Waals surface area contributed by atoms with E-state index in [0.29, 0.717) is 25.9 Å². The number of furan rings is 1. The Labute approximate surface area is 170 Å². The van der Waals surface area contributed by atoms with E-state index < -0.39 is 22.0 Å². The molecule has 1 saturated heterocycles. The van der Waals surface area contributed by atoms with E-state index in [0.717, 1.165) is 5.56 Å². The van der Waals surface area contributed by atoms with Gasteiger partial charge >= 0.3 is 0 Å². The first kappa shape index (κ1) is 21.1. The molecule has 1 aromatic heterocycles. The lowest BCUT2D eigenvalue weighted by atomic mass is 10.1. The number of hydrogen-bond acceptors (Lipinski definition) is 5. The van der Waals surface area contributed by atoms with Gasteiger partial charge in [0.05, 0.1) is 11.2 Å². The number of likely N-dealkylation sites (tertiary alicyclic amines) is 1. The first-order valence-corrected chi connectivity index (χ1v) is 11.0. The maximum Gasteiger partial charge on any atom is 0.287 e. The van der Waals surface area contributed by atoms with Crippen LogP contribution in [-0.2, 0) is 14.8 Å². The van der Waals surface area contributed by atoms with Crippen molar-refractivity contribution in [1.82, 2.24) is 14.9 Å². The van der Waals surface area contributed by atoms with Gasteiger partial charge in [-0.25, -0.2) is 13.1 Å². The molecular formula is C20H25N3O5S. The summed E-state index contributed by atoms with van der Waals surface area (Å²) in [4.78, 5) is 26.5. The SMILES string of the molecule is Cc1ccc(S(=O)(=O)NC2CCN(C(=O)C(C)NC(=O)c3ccco3)CC2)cc1. The maximum absolute atomic E-state index is 12.6. The fraction of sp³-hybridized carbons (Fsp3) is 0.400. The summed E-state index contributed by atoms with van der Waals surface area (Å²) in [6.45, 7) is 4.35. The second kappa shape index (κ2) is 8.79. The largest absolute Gasteiger partial charge is 0.459 e. The third-order valence-electron chi connectivity index (χ3n) is 4.92. The third kappa shape index (κ3) is 5.24. The number of hydrogen-bond donors (Lipinski definition) is 2. The minimum absolute atomic E-state index is 0.147. The Hall–Kier alpha value is -2.65. The molecule has 0 spiro atoms. The van der Waals surface area contributed by atoms with Gasteiger partial charge < -0.3 is 14.6 Å². The van der Waals surface area contributed by atoms with Crippen molar-refractivity contribution >= 4 is 21.8 Å². The van der Waals surface area contributed by atoms with Crippen molar-refractivity contribution in [3.8, 4) is 0 Å². The average molecular weight is 420 g/mol. The van der Waals surface area contributed by atoms with E-state index in [1.165, 1.54) is 12.3 Å². The van der Waals surface area contributed by atoms with Gasteiger partial charge in [0.25, 0.3) is 5.91 Å². The highest BCUT2D eigenvalue weighted by Gasteiger charge is 2.29. The monoisotopic (exact) mass is 419 g/mol. The highest BCUT2D eigenvalue weighted by Crippen LogP contribution is 2.16. The first-order valence-electron chi connectivity index (χ1n) is 9.48. The van der Waals surface area contributed by atoms with Gasteiger partial charge in [0.1, 0.15) is 6.04 Å². The number of benzene rings is 1. The van der Waals surface area contributed by atoms with Crippen LogP contribution in [0.3, 0.4) is 0 Å². The predicted molar refractivity (Wildman–Crippen MR) is 107 cm³/mol. The molecule has 1 atom stereocenters. The third-order valence-corrected chi connectivity index (χ3v) is 6.46. The molecule has 2 aromatic rings. The van der Waals surface area contributed by atoms with Crippen LogP contribution < -0.4 is 10.0 Å². The van der Waals surface area contributed by atoms with Crippen molar-refractivity contribution < 1.29 is 22.4 Å². The number of carbonyl (C=O) groups is 2. The Bertz CT molecular complexity index is 947. The van der Waals surface area contributed by atoms with E-state index >= 15 is 0 Å². The Morgan fingerprint density at radius 1 is 1.14 bits per heavy atom. The zero-order chi connectivity index (χ0) is 21.0. The second-order valence-electron chi connectivity index (χ2n) is 7.21. The summed E-state index contributed by atoms with van der Waals surface area (Å²) in [7, 11) is -3.59. The summed E-state index contributed by atoms with van der Waals surface area (Å²) in [5.41, 5.74) is 0.990. The van der Waals surface area contributed by atoms with Crippen molar-refractivity contribution in [2.75, 3.05) is 13.1 Å². The van der Waals surface area contributed by atoms with Gasteiger partial charge in [0.15, 0.2) is 5.76 Å². The van der Waals surface area contributed by atoms with Gasteiger partial charge in [-0.15, -0.1) is 0 Å². The highest BCUT2D eigenvalue weighted by molar-refractivity contribution is 7.89. The van der Waals surface area contributed by atoms with Crippen LogP contribution in [0, 0.1) is 6.92 Å². The normalized spacial score (nSPS) is 16.4. The summed E-state index contributed by atoms with van der Waals surface area (Å²) in [5, 5.41) is 2.62.